The summed E-state index contributed by atoms with van der Waals surface area (Å²) in [5.41, 5.74) is 3.13. The van der Waals surface area contributed by atoms with Gasteiger partial charge in [-0.1, -0.05) is 85.0 Å². The van der Waals surface area contributed by atoms with Crippen LogP contribution < -0.4 is 14.4 Å². The molecule has 0 bridgehead atoms. The van der Waals surface area contributed by atoms with Gasteiger partial charge < -0.3 is 15.0 Å². The molecule has 1 aliphatic carbocycles. The van der Waals surface area contributed by atoms with E-state index in [1.165, 1.54) is 4.90 Å². The first-order chi connectivity index (χ1) is 22.6. The van der Waals surface area contributed by atoms with Gasteiger partial charge in [0.2, 0.25) is 11.8 Å². The highest BCUT2D eigenvalue weighted by atomic mass is 32.2. The molecule has 47 heavy (non-hydrogen) atoms. The highest BCUT2D eigenvalue weighted by Gasteiger charge is 2.33. The lowest BCUT2D eigenvalue weighted by Gasteiger charge is -2.33. The Kier molecular flexibility index (Phi) is 11.0. The van der Waals surface area contributed by atoms with Gasteiger partial charge in [0.15, 0.2) is 0 Å². The lowest BCUT2D eigenvalue weighted by molar-refractivity contribution is -0.139. The molecule has 1 fully saturated rings. The van der Waals surface area contributed by atoms with Crippen LogP contribution in [0.3, 0.4) is 0 Å². The molecular formula is C38H43N3O5S. The number of rotatable bonds is 12. The topological polar surface area (TPSA) is 96.0 Å². The standard InChI is InChI=1S/C38H43N3O5S/c1-28-14-18-31(19-15-28)26-40(30(3)38(43)39-32-10-6-4-7-11-32)37(42)27-41(47(44,45)36-24-16-29(2)17-25-36)33-20-22-35(23-21-33)46-34-12-8-5-9-13-34/h5,8-9,12-25,30,32H,4,6-7,10-11,26-27H2,1-3H3,(H,39,43)/t30-/m0/s1. The van der Waals surface area contributed by atoms with Crippen molar-refractivity contribution in [1.82, 2.24) is 10.2 Å². The number of hydrogen-bond donors (Lipinski definition) is 1. The van der Waals surface area contributed by atoms with Crippen molar-refractivity contribution < 1.29 is 22.7 Å². The Bertz CT molecular complexity index is 1740. The molecule has 1 N–H and O–H groups in total. The highest BCUT2D eigenvalue weighted by Crippen LogP contribution is 2.29. The van der Waals surface area contributed by atoms with Gasteiger partial charge in [-0.05, 0) is 87.7 Å². The van der Waals surface area contributed by atoms with Crippen LogP contribution in [0.4, 0.5) is 5.69 Å². The molecular weight excluding hydrogens is 611 g/mol. The molecule has 0 radical (unpaired) electrons. The van der Waals surface area contributed by atoms with Crippen molar-refractivity contribution >= 4 is 27.5 Å². The fourth-order valence-electron chi connectivity index (χ4n) is 5.71. The minimum atomic E-state index is -4.17. The van der Waals surface area contributed by atoms with Gasteiger partial charge in [-0.15, -0.1) is 0 Å². The normalized spacial score (nSPS) is 14.2. The van der Waals surface area contributed by atoms with Crippen molar-refractivity contribution in [2.24, 2.45) is 0 Å². The van der Waals surface area contributed by atoms with Gasteiger partial charge in [-0.2, -0.15) is 0 Å². The van der Waals surface area contributed by atoms with Crippen LogP contribution in [0.2, 0.25) is 0 Å². The number of hydrogen-bond acceptors (Lipinski definition) is 5. The second-order valence-corrected chi connectivity index (χ2v) is 14.1. The zero-order valence-electron chi connectivity index (χ0n) is 27.3. The molecule has 1 aliphatic rings. The largest absolute Gasteiger partial charge is 0.457 e. The SMILES string of the molecule is Cc1ccc(CN(C(=O)CN(c2ccc(Oc3ccccc3)cc2)S(=O)(=O)c2ccc(C)cc2)[C@@H](C)C(=O)NC2CCCCC2)cc1. The first-order valence-corrected chi connectivity index (χ1v) is 17.6. The van der Waals surface area contributed by atoms with E-state index >= 15 is 0 Å². The molecule has 1 saturated carbocycles. The number of amides is 2. The summed E-state index contributed by atoms with van der Waals surface area (Å²) in [4.78, 5) is 29.4. The maximum atomic E-state index is 14.3. The molecule has 5 rings (SSSR count). The fraction of sp³-hybridized carbons (Fsp3) is 0.316. The van der Waals surface area contributed by atoms with E-state index < -0.39 is 28.5 Å². The molecule has 4 aromatic rings. The number of benzene rings is 4. The molecule has 9 heteroatoms. The molecule has 0 aromatic heterocycles. The zero-order valence-corrected chi connectivity index (χ0v) is 28.1. The molecule has 0 spiro atoms. The zero-order chi connectivity index (χ0) is 33.4. The van der Waals surface area contributed by atoms with Crippen LogP contribution in [-0.2, 0) is 26.2 Å². The Hall–Kier alpha value is -4.63. The molecule has 0 saturated heterocycles. The van der Waals surface area contributed by atoms with Gasteiger partial charge >= 0.3 is 0 Å². The average molecular weight is 654 g/mol. The maximum Gasteiger partial charge on any atom is 0.264 e. The van der Waals surface area contributed by atoms with E-state index in [-0.39, 0.29) is 23.4 Å². The van der Waals surface area contributed by atoms with Crippen LogP contribution in [0.25, 0.3) is 0 Å². The van der Waals surface area contributed by atoms with Crippen molar-refractivity contribution in [3.63, 3.8) is 0 Å². The molecule has 0 aliphatic heterocycles. The van der Waals surface area contributed by atoms with Crippen LogP contribution >= 0.6 is 0 Å². The lowest BCUT2D eigenvalue weighted by atomic mass is 9.95. The van der Waals surface area contributed by atoms with E-state index in [2.05, 4.69) is 5.32 Å². The van der Waals surface area contributed by atoms with Crippen molar-refractivity contribution in [1.29, 1.82) is 0 Å². The number of nitrogens with one attached hydrogen (secondary N) is 1. The van der Waals surface area contributed by atoms with Crippen LogP contribution in [0, 0.1) is 13.8 Å². The van der Waals surface area contributed by atoms with E-state index in [9.17, 15) is 18.0 Å². The van der Waals surface area contributed by atoms with E-state index in [4.69, 9.17) is 4.74 Å². The third kappa shape index (κ3) is 8.80. The summed E-state index contributed by atoms with van der Waals surface area (Å²) in [5.74, 6) is 0.435. The Morgan fingerprint density at radius 2 is 1.36 bits per heavy atom. The monoisotopic (exact) mass is 653 g/mol. The highest BCUT2D eigenvalue weighted by molar-refractivity contribution is 7.92. The van der Waals surface area contributed by atoms with E-state index in [0.29, 0.717) is 17.2 Å². The van der Waals surface area contributed by atoms with Gasteiger partial charge in [0.05, 0.1) is 10.6 Å². The second-order valence-electron chi connectivity index (χ2n) is 12.3. The predicted octanol–water partition coefficient (Wildman–Crippen LogP) is 7.16. The molecule has 246 valence electrons. The quantitative estimate of drug-likeness (QED) is 0.175. The van der Waals surface area contributed by atoms with E-state index in [1.807, 2.05) is 68.4 Å². The van der Waals surface area contributed by atoms with Gasteiger partial charge in [0.25, 0.3) is 10.0 Å². The van der Waals surface area contributed by atoms with Gasteiger partial charge in [0.1, 0.15) is 24.1 Å². The van der Waals surface area contributed by atoms with Crippen LogP contribution in [0.5, 0.6) is 11.5 Å². The Morgan fingerprint density at radius 1 is 0.787 bits per heavy atom. The number of aryl methyl sites for hydroxylation is 2. The van der Waals surface area contributed by atoms with Gasteiger partial charge in [-0.25, -0.2) is 8.42 Å². The number of carbonyl (C=O) groups excluding carboxylic acids is 2. The van der Waals surface area contributed by atoms with Crippen LogP contribution in [-0.4, -0.2) is 43.8 Å². The molecule has 2 amide bonds. The number of sulfonamides is 1. The minimum Gasteiger partial charge on any atom is -0.457 e. The van der Waals surface area contributed by atoms with Crippen molar-refractivity contribution in [2.45, 2.75) is 76.4 Å². The molecule has 0 heterocycles. The Morgan fingerprint density at radius 3 is 1.98 bits per heavy atom. The van der Waals surface area contributed by atoms with Gasteiger partial charge in [-0.3, -0.25) is 13.9 Å². The fourth-order valence-corrected chi connectivity index (χ4v) is 7.13. The summed E-state index contributed by atoms with van der Waals surface area (Å²) in [5, 5.41) is 3.14. The van der Waals surface area contributed by atoms with Crippen molar-refractivity contribution in [3.8, 4) is 11.5 Å². The Balaban J connectivity index is 1.46. The third-order valence-electron chi connectivity index (χ3n) is 8.58. The summed E-state index contributed by atoms with van der Waals surface area (Å²) in [6.07, 6.45) is 5.11. The maximum absolute atomic E-state index is 14.3. The molecule has 0 unspecified atom stereocenters. The van der Waals surface area contributed by atoms with Crippen molar-refractivity contribution in [3.05, 3.63) is 120 Å². The number of para-hydroxylation sites is 1. The van der Waals surface area contributed by atoms with Gasteiger partial charge in [0, 0.05) is 12.6 Å². The molecule has 4 aromatic carbocycles. The predicted molar refractivity (Wildman–Crippen MR) is 185 cm³/mol. The number of nitrogens with zero attached hydrogens (tertiary/aromatic N) is 2. The summed E-state index contributed by atoms with van der Waals surface area (Å²) in [6, 6.07) is 29.4. The van der Waals surface area contributed by atoms with Crippen molar-refractivity contribution in [2.75, 3.05) is 10.8 Å². The average Bonchev–Trinajstić information content (AvgIpc) is 3.08. The summed E-state index contributed by atoms with van der Waals surface area (Å²) >= 11 is 0. The number of ether oxygens (including phenoxy) is 1. The summed E-state index contributed by atoms with van der Waals surface area (Å²) in [6.45, 7) is 5.23. The number of carbonyl (C=O) groups is 2. The first-order valence-electron chi connectivity index (χ1n) is 16.2. The van der Waals surface area contributed by atoms with E-state index in [0.717, 1.165) is 53.1 Å². The van der Waals surface area contributed by atoms with Crippen LogP contribution in [0.1, 0.15) is 55.7 Å². The summed E-state index contributed by atoms with van der Waals surface area (Å²) < 4.78 is 35.4. The second kappa shape index (κ2) is 15.3. The Labute approximate surface area is 278 Å². The third-order valence-corrected chi connectivity index (χ3v) is 10.4. The van der Waals surface area contributed by atoms with E-state index in [1.54, 1.807) is 55.5 Å². The smallest absolute Gasteiger partial charge is 0.264 e. The summed E-state index contributed by atoms with van der Waals surface area (Å²) in [7, 11) is -4.17. The van der Waals surface area contributed by atoms with Crippen LogP contribution in [0.15, 0.2) is 108 Å². The number of anilines is 1. The first kappa shape index (κ1) is 33.7. The molecule has 8 nitrogen and oxygen atoms in total. The minimum absolute atomic E-state index is 0.0636. The molecule has 1 atom stereocenters. The lowest BCUT2D eigenvalue weighted by Crippen LogP contribution is -2.53.